The molecule has 0 aliphatic carbocycles. The summed E-state index contributed by atoms with van der Waals surface area (Å²) in [6.45, 7) is 11.3. The van der Waals surface area contributed by atoms with Gasteiger partial charge in [0.2, 0.25) is 5.91 Å². The first kappa shape index (κ1) is 20.3. The first-order chi connectivity index (χ1) is 13.4. The third-order valence-corrected chi connectivity index (χ3v) is 5.97. The van der Waals surface area contributed by atoms with Gasteiger partial charge in [0.25, 0.3) is 0 Å². The predicted octanol–water partition coefficient (Wildman–Crippen LogP) is 2.39. The Labute approximate surface area is 166 Å². The molecule has 28 heavy (non-hydrogen) atoms. The molecule has 0 bridgehead atoms. The lowest BCUT2D eigenvalue weighted by atomic mass is 9.98. The van der Waals surface area contributed by atoms with Gasteiger partial charge in [0.15, 0.2) is 5.65 Å². The van der Waals surface area contributed by atoms with Crippen molar-refractivity contribution in [2.24, 2.45) is 5.92 Å². The van der Waals surface area contributed by atoms with Crippen LogP contribution in [0.4, 0.5) is 0 Å². The molecule has 0 aromatic carbocycles. The fourth-order valence-corrected chi connectivity index (χ4v) is 3.94. The number of carbonyl (C=O) groups excluding carboxylic acids is 1. The Morgan fingerprint density at radius 2 is 2.11 bits per heavy atom. The van der Waals surface area contributed by atoms with Crippen LogP contribution in [0.5, 0.6) is 0 Å². The van der Waals surface area contributed by atoms with Crippen LogP contribution >= 0.6 is 0 Å². The Hall–Kier alpha value is -2.46. The van der Waals surface area contributed by atoms with Gasteiger partial charge in [-0.25, -0.2) is 9.50 Å². The third-order valence-electron chi connectivity index (χ3n) is 5.97. The maximum Gasteiger partial charge on any atom is 0.220 e. The lowest BCUT2D eigenvalue weighted by Gasteiger charge is -2.35. The average Bonchev–Trinajstić information content (AvgIpc) is 3.09. The highest BCUT2D eigenvalue weighted by Crippen LogP contribution is 2.19. The van der Waals surface area contributed by atoms with Crippen molar-refractivity contribution in [2.45, 2.75) is 59.4 Å². The summed E-state index contributed by atoms with van der Waals surface area (Å²) in [6.07, 6.45) is 5.06. The molecule has 0 spiro atoms. The third kappa shape index (κ3) is 4.33. The van der Waals surface area contributed by atoms with Crippen molar-refractivity contribution >= 4 is 11.6 Å². The van der Waals surface area contributed by atoms with Crippen LogP contribution in [-0.4, -0.2) is 51.1 Å². The van der Waals surface area contributed by atoms with Gasteiger partial charge in [-0.1, -0.05) is 6.92 Å². The van der Waals surface area contributed by atoms with E-state index in [9.17, 15) is 4.79 Å². The summed E-state index contributed by atoms with van der Waals surface area (Å²) in [5.41, 5.74) is 3.86. The maximum atomic E-state index is 12.4. The molecule has 2 aromatic heterocycles. The van der Waals surface area contributed by atoms with Gasteiger partial charge in [0, 0.05) is 30.4 Å². The van der Waals surface area contributed by atoms with E-state index in [-0.39, 0.29) is 5.91 Å². The SMILES string of the molecule is Cc1nc2c(C#N)cnn2c(C)c1CCC(=O)NCC(C)N1CCC(C)CC1. The fourth-order valence-electron chi connectivity index (χ4n) is 3.94. The summed E-state index contributed by atoms with van der Waals surface area (Å²) in [6, 6.07) is 2.48. The monoisotopic (exact) mass is 382 g/mol. The number of rotatable bonds is 6. The van der Waals surface area contributed by atoms with E-state index < -0.39 is 0 Å². The molecule has 150 valence electrons. The van der Waals surface area contributed by atoms with Crippen molar-refractivity contribution in [3.8, 4) is 6.07 Å². The van der Waals surface area contributed by atoms with E-state index in [0.29, 0.717) is 36.6 Å². The van der Waals surface area contributed by atoms with Crippen LogP contribution in [0.25, 0.3) is 5.65 Å². The largest absolute Gasteiger partial charge is 0.355 e. The number of likely N-dealkylation sites (tertiary alicyclic amines) is 1. The Morgan fingerprint density at radius 1 is 1.39 bits per heavy atom. The van der Waals surface area contributed by atoms with Gasteiger partial charge in [0.1, 0.15) is 11.6 Å². The molecule has 1 N–H and O–H groups in total. The Kier molecular flexibility index (Phi) is 6.30. The topological polar surface area (TPSA) is 86.3 Å². The quantitative estimate of drug-likeness (QED) is 0.829. The zero-order valence-corrected chi connectivity index (χ0v) is 17.3. The summed E-state index contributed by atoms with van der Waals surface area (Å²) in [5, 5.41) is 16.5. The first-order valence-corrected chi connectivity index (χ1v) is 10.1. The van der Waals surface area contributed by atoms with Gasteiger partial charge < -0.3 is 5.32 Å². The lowest BCUT2D eigenvalue weighted by Crippen LogP contribution is -2.45. The highest BCUT2D eigenvalue weighted by atomic mass is 16.1. The Morgan fingerprint density at radius 3 is 2.79 bits per heavy atom. The molecule has 3 heterocycles. The van der Waals surface area contributed by atoms with Crippen LogP contribution < -0.4 is 5.32 Å². The van der Waals surface area contributed by atoms with Gasteiger partial charge >= 0.3 is 0 Å². The number of nitrogens with one attached hydrogen (secondary N) is 1. The van der Waals surface area contributed by atoms with Crippen LogP contribution in [0.1, 0.15) is 55.6 Å². The molecule has 0 radical (unpaired) electrons. The normalized spacial score (nSPS) is 16.8. The number of nitriles is 1. The second-order valence-corrected chi connectivity index (χ2v) is 8.04. The molecule has 1 unspecified atom stereocenters. The van der Waals surface area contributed by atoms with Gasteiger partial charge in [-0.05, 0) is 64.6 Å². The minimum absolute atomic E-state index is 0.0642. The zero-order chi connectivity index (χ0) is 20.3. The molecule has 0 saturated carbocycles. The summed E-state index contributed by atoms with van der Waals surface area (Å²) in [7, 11) is 0. The Bertz CT molecular complexity index is 888. The van der Waals surface area contributed by atoms with E-state index in [1.165, 1.54) is 19.0 Å². The number of amides is 1. The zero-order valence-electron chi connectivity index (χ0n) is 17.3. The van der Waals surface area contributed by atoms with Crippen molar-refractivity contribution < 1.29 is 4.79 Å². The first-order valence-electron chi connectivity index (χ1n) is 10.1. The predicted molar refractivity (Wildman–Crippen MR) is 108 cm³/mol. The van der Waals surface area contributed by atoms with Crippen molar-refractivity contribution in [3.05, 3.63) is 28.7 Å². The van der Waals surface area contributed by atoms with Crippen molar-refractivity contribution in [3.63, 3.8) is 0 Å². The van der Waals surface area contributed by atoms with E-state index in [1.54, 1.807) is 4.52 Å². The number of aromatic nitrogens is 3. The van der Waals surface area contributed by atoms with Gasteiger partial charge in [-0.3, -0.25) is 9.69 Å². The smallest absolute Gasteiger partial charge is 0.220 e. The lowest BCUT2D eigenvalue weighted by molar-refractivity contribution is -0.121. The van der Waals surface area contributed by atoms with Crippen LogP contribution in [0.15, 0.2) is 6.20 Å². The number of piperidine rings is 1. The van der Waals surface area contributed by atoms with Crippen molar-refractivity contribution in [1.29, 1.82) is 5.26 Å². The second-order valence-electron chi connectivity index (χ2n) is 8.04. The Balaban J connectivity index is 1.55. The van der Waals surface area contributed by atoms with E-state index in [4.69, 9.17) is 5.26 Å². The summed E-state index contributed by atoms with van der Waals surface area (Å²) >= 11 is 0. The van der Waals surface area contributed by atoms with Crippen LogP contribution in [0.3, 0.4) is 0 Å². The van der Waals surface area contributed by atoms with E-state index in [0.717, 1.165) is 36.0 Å². The molecule has 3 rings (SSSR count). The summed E-state index contributed by atoms with van der Waals surface area (Å²) in [5.74, 6) is 0.879. The number of aryl methyl sites for hydroxylation is 2. The maximum absolute atomic E-state index is 12.4. The number of hydrogen-bond donors (Lipinski definition) is 1. The highest BCUT2D eigenvalue weighted by Gasteiger charge is 2.21. The molecule has 7 heteroatoms. The highest BCUT2D eigenvalue weighted by molar-refractivity contribution is 5.76. The van der Waals surface area contributed by atoms with Gasteiger partial charge in [-0.2, -0.15) is 10.4 Å². The van der Waals surface area contributed by atoms with Gasteiger partial charge in [-0.15, -0.1) is 0 Å². The molecule has 1 aliphatic rings. The van der Waals surface area contributed by atoms with E-state index >= 15 is 0 Å². The molecule has 1 saturated heterocycles. The van der Waals surface area contributed by atoms with Crippen molar-refractivity contribution in [2.75, 3.05) is 19.6 Å². The van der Waals surface area contributed by atoms with E-state index in [1.807, 2.05) is 13.8 Å². The average molecular weight is 383 g/mol. The standard InChI is InChI=1S/C21H30N6O/c1-14-7-9-26(10-8-14)15(2)12-23-20(28)6-5-19-16(3)25-21-18(11-22)13-24-27(21)17(19)4/h13-15H,5-10,12H2,1-4H3,(H,23,28). The molecule has 1 aliphatic heterocycles. The molecule has 7 nitrogen and oxygen atoms in total. The molecule has 2 aromatic rings. The van der Waals surface area contributed by atoms with Crippen molar-refractivity contribution in [1.82, 2.24) is 24.8 Å². The molecular weight excluding hydrogens is 352 g/mol. The van der Waals surface area contributed by atoms with Gasteiger partial charge in [0.05, 0.1) is 6.20 Å². The molecule has 1 fully saturated rings. The minimum Gasteiger partial charge on any atom is -0.355 e. The molecular formula is C21H30N6O. The number of fused-ring (bicyclic) bond motifs is 1. The summed E-state index contributed by atoms with van der Waals surface area (Å²) in [4.78, 5) is 19.4. The van der Waals surface area contributed by atoms with Crippen LogP contribution in [-0.2, 0) is 11.2 Å². The second kappa shape index (κ2) is 8.70. The fraction of sp³-hybridized carbons (Fsp3) is 0.619. The number of hydrogen-bond acceptors (Lipinski definition) is 5. The molecule has 1 atom stereocenters. The number of carbonyl (C=O) groups is 1. The van der Waals surface area contributed by atoms with Crippen LogP contribution in [0, 0.1) is 31.1 Å². The van der Waals surface area contributed by atoms with E-state index in [2.05, 4.69) is 40.2 Å². The minimum atomic E-state index is 0.0642. The van der Waals surface area contributed by atoms with Crippen LogP contribution in [0.2, 0.25) is 0 Å². The number of nitrogens with zero attached hydrogens (tertiary/aromatic N) is 5. The molecule has 1 amide bonds. The summed E-state index contributed by atoms with van der Waals surface area (Å²) < 4.78 is 1.69.